The average molecular weight is 1020 g/mol. The van der Waals surface area contributed by atoms with Gasteiger partial charge in [-0.25, -0.2) is 0 Å². The van der Waals surface area contributed by atoms with Gasteiger partial charge >= 0.3 is 0 Å². The first kappa shape index (κ1) is 49.0. The Morgan fingerprint density at radius 2 is 0.364 bits per heavy atom. The Kier molecular flexibility index (Phi) is 13.6. The van der Waals surface area contributed by atoms with Gasteiger partial charge in [0.1, 0.15) is 0 Å². The third-order valence-corrected chi connectivity index (χ3v) is 20.8. The van der Waals surface area contributed by atoms with Crippen molar-refractivity contribution in [2.75, 3.05) is 0 Å². The number of halogens is 1. The Morgan fingerprint density at radius 1 is 0.208 bits per heavy atom. The van der Waals surface area contributed by atoms with Crippen molar-refractivity contribution in [3.8, 4) is 100 Å². The van der Waals surface area contributed by atoms with Crippen molar-refractivity contribution in [1.82, 2.24) is 0 Å². The van der Waals surface area contributed by atoms with E-state index in [2.05, 4.69) is 312 Å². The molecule has 12 rings (SSSR count). The molecule has 0 fully saturated rings. The molecule has 77 heavy (non-hydrogen) atoms. The molecule has 0 heterocycles. The summed E-state index contributed by atoms with van der Waals surface area (Å²) in [4.78, 5) is 0. The van der Waals surface area contributed by atoms with E-state index < -0.39 is 7.38 Å². The molecular formula is C75H57ClSi. The molecule has 0 saturated carbocycles. The van der Waals surface area contributed by atoms with E-state index in [0.29, 0.717) is 0 Å². The molecule has 0 aliphatic heterocycles. The molecule has 2 heteroatoms. The van der Waals surface area contributed by atoms with Crippen LogP contribution in [0.15, 0.2) is 291 Å². The normalized spacial score (nSPS) is 11.4. The molecule has 0 nitrogen and oxygen atoms in total. The summed E-state index contributed by atoms with van der Waals surface area (Å²) in [5, 5.41) is 3.45. The van der Waals surface area contributed by atoms with Crippen molar-refractivity contribution in [3.63, 3.8) is 0 Å². The van der Waals surface area contributed by atoms with Gasteiger partial charge in [0.15, 0.2) is 0 Å². The van der Waals surface area contributed by atoms with Crippen LogP contribution in [0.5, 0.6) is 0 Å². The molecule has 12 aromatic rings. The molecule has 368 valence electrons. The smallest absolute Gasteiger partial charge is 0.149 e. The summed E-state index contributed by atoms with van der Waals surface area (Å²) in [6.45, 7) is 6.98. The molecule has 0 bridgehead atoms. The van der Waals surface area contributed by atoms with E-state index in [1.54, 1.807) is 0 Å². The third-order valence-electron chi connectivity index (χ3n) is 15.5. The second-order valence-corrected chi connectivity index (χ2v) is 24.5. The lowest BCUT2D eigenvalue weighted by atomic mass is 9.87. The lowest BCUT2D eigenvalue weighted by Crippen LogP contribution is -2.66. The zero-order valence-electron chi connectivity index (χ0n) is 43.6. The van der Waals surface area contributed by atoms with Gasteiger partial charge in [0.05, 0.1) is 0 Å². The largest absolute Gasteiger partial charge is 0.251 e. The van der Waals surface area contributed by atoms with Crippen LogP contribution in [0.4, 0.5) is 0 Å². The van der Waals surface area contributed by atoms with Crippen LogP contribution in [0.25, 0.3) is 100 Å². The minimum absolute atomic E-state index is 1.11. The van der Waals surface area contributed by atoms with E-state index >= 15 is 0 Å². The minimum Gasteiger partial charge on any atom is -0.149 e. The summed E-state index contributed by atoms with van der Waals surface area (Å²) in [5.41, 5.74) is 24.0. The van der Waals surface area contributed by atoms with E-state index in [-0.39, 0.29) is 0 Å². The van der Waals surface area contributed by atoms with Gasteiger partial charge in [-0.1, -0.05) is 273 Å². The highest BCUT2D eigenvalue weighted by Gasteiger charge is 2.50. The van der Waals surface area contributed by atoms with E-state index in [1.165, 1.54) is 33.4 Å². The van der Waals surface area contributed by atoms with Crippen molar-refractivity contribution in [2.24, 2.45) is 0 Å². The van der Waals surface area contributed by atoms with Crippen LogP contribution in [0.3, 0.4) is 0 Å². The van der Waals surface area contributed by atoms with Crippen LogP contribution >= 0.6 is 11.1 Å². The highest BCUT2D eigenvalue weighted by atomic mass is 35.6. The van der Waals surface area contributed by atoms with Crippen molar-refractivity contribution in [3.05, 3.63) is 308 Å². The lowest BCUT2D eigenvalue weighted by molar-refractivity contribution is 1.44. The van der Waals surface area contributed by atoms with Crippen molar-refractivity contribution >= 4 is 34.0 Å². The predicted molar refractivity (Wildman–Crippen MR) is 333 cm³/mol. The SMILES string of the molecule is Cc1c(-c2ccccc2)cc(-c2ccccc2)c([Si](Cl)(c2c(-c3ccccc3)cc(-c3ccccc3)c(C)c2-c2ccccc2)c2c(-c3ccccc3)cc(-c3ccccc3)c(C)c2-c2ccccc2)c1-c1ccccc1. The molecule has 0 radical (unpaired) electrons. The van der Waals surface area contributed by atoms with Gasteiger partial charge in [-0.15, -0.1) is 11.1 Å². The predicted octanol–water partition coefficient (Wildman–Crippen LogP) is 18.8. The Morgan fingerprint density at radius 3 is 0.545 bits per heavy atom. The zero-order valence-corrected chi connectivity index (χ0v) is 45.3. The van der Waals surface area contributed by atoms with Gasteiger partial charge in [0.2, 0.25) is 0 Å². The van der Waals surface area contributed by atoms with Gasteiger partial charge in [0, 0.05) is 0 Å². The Hall–Kier alpha value is -8.85. The third kappa shape index (κ3) is 9.08. The highest BCUT2D eigenvalue weighted by molar-refractivity contribution is 7.42. The molecule has 0 aromatic heterocycles. The second-order valence-electron chi connectivity index (χ2n) is 20.0. The zero-order chi connectivity index (χ0) is 52.3. The first-order chi connectivity index (χ1) is 37.9. The summed E-state index contributed by atoms with van der Waals surface area (Å²) in [6, 6.07) is 106. The van der Waals surface area contributed by atoms with Gasteiger partial charge in [-0.05, 0) is 171 Å². The van der Waals surface area contributed by atoms with Gasteiger partial charge in [0.25, 0.3) is 7.38 Å². The quantitative estimate of drug-likeness (QED) is 0.0650. The van der Waals surface area contributed by atoms with E-state index in [1.807, 2.05) is 0 Å². The summed E-state index contributed by atoms with van der Waals surface area (Å²) in [7, 11) is -4.24. The minimum atomic E-state index is -4.24. The average Bonchev–Trinajstić information content (AvgIpc) is 3.55. The van der Waals surface area contributed by atoms with E-state index in [0.717, 1.165) is 99.0 Å². The Bertz CT molecular complexity index is 3570. The molecule has 0 aliphatic carbocycles. The first-order valence-electron chi connectivity index (χ1n) is 26.6. The summed E-state index contributed by atoms with van der Waals surface area (Å²) in [5.74, 6) is 0. The molecule has 0 spiro atoms. The van der Waals surface area contributed by atoms with E-state index in [9.17, 15) is 11.1 Å². The van der Waals surface area contributed by atoms with Gasteiger partial charge < -0.3 is 0 Å². The number of rotatable bonds is 12. The van der Waals surface area contributed by atoms with Crippen LogP contribution in [0.1, 0.15) is 16.7 Å². The monoisotopic (exact) mass is 1020 g/mol. The maximum absolute atomic E-state index is 10.2. The van der Waals surface area contributed by atoms with Crippen LogP contribution in [-0.2, 0) is 0 Å². The highest BCUT2D eigenvalue weighted by Crippen LogP contribution is 2.46. The molecule has 0 atom stereocenters. The number of hydrogen-bond donors (Lipinski definition) is 0. The molecule has 0 N–H and O–H groups in total. The standard InChI is InChI=1S/C75H57ClSi/c1-52-64(55-31-13-4-14-32-55)49-67(58-37-19-7-20-38-58)73(70(52)61-43-25-10-26-44-61)77(76,74-68(59-39-21-8-22-40-59)50-65(56-33-15-5-16-34-56)53(2)71(74)62-45-27-11-28-46-62)75-69(60-41-23-9-24-42-60)51-66(57-35-17-6-18-36-57)54(3)72(75)63-47-29-12-30-48-63/h4-51H,1-3H3. The van der Waals surface area contributed by atoms with Gasteiger partial charge in [-0.2, -0.15) is 0 Å². The second kappa shape index (κ2) is 21.4. The Balaban J connectivity index is 1.42. The maximum atomic E-state index is 10.2. The summed E-state index contributed by atoms with van der Waals surface area (Å²) < 4.78 is 0. The number of hydrogen-bond acceptors (Lipinski definition) is 0. The molecule has 0 saturated heterocycles. The molecule has 0 unspecified atom stereocenters. The van der Waals surface area contributed by atoms with Gasteiger partial charge in [-0.3, -0.25) is 0 Å². The molecule has 0 amide bonds. The number of benzene rings is 12. The fourth-order valence-electron chi connectivity index (χ4n) is 12.0. The van der Waals surface area contributed by atoms with Crippen LogP contribution in [-0.4, -0.2) is 7.38 Å². The van der Waals surface area contributed by atoms with Crippen molar-refractivity contribution < 1.29 is 0 Å². The van der Waals surface area contributed by atoms with Crippen LogP contribution < -0.4 is 15.6 Å². The van der Waals surface area contributed by atoms with Crippen molar-refractivity contribution in [1.29, 1.82) is 0 Å². The lowest BCUT2D eigenvalue weighted by Gasteiger charge is -2.40. The first-order valence-corrected chi connectivity index (χ1v) is 29.6. The molecular weight excluding hydrogens is 964 g/mol. The summed E-state index contributed by atoms with van der Waals surface area (Å²) in [6.07, 6.45) is 0. The maximum Gasteiger partial charge on any atom is 0.251 e. The van der Waals surface area contributed by atoms with Crippen molar-refractivity contribution in [2.45, 2.75) is 20.8 Å². The molecule has 0 aliphatic rings. The van der Waals surface area contributed by atoms with E-state index in [4.69, 9.17) is 0 Å². The Labute approximate surface area is 460 Å². The van der Waals surface area contributed by atoms with Crippen LogP contribution in [0, 0.1) is 20.8 Å². The summed E-state index contributed by atoms with van der Waals surface area (Å²) >= 11 is 10.2. The fourth-order valence-corrected chi connectivity index (χ4v) is 18.3. The fraction of sp³-hybridized carbons (Fsp3) is 0.0400. The molecule has 12 aromatic carbocycles. The van der Waals surface area contributed by atoms with Crippen LogP contribution in [0.2, 0.25) is 0 Å². The topological polar surface area (TPSA) is 0 Å².